The number of hydrazine groups is 1. The molecule has 61 heavy (non-hydrogen) atoms. The molecule has 5 aromatic rings. The zero-order chi connectivity index (χ0) is 42.6. The number of piperazine rings is 2. The Hall–Kier alpha value is -6.44. The summed E-state index contributed by atoms with van der Waals surface area (Å²) in [5, 5.41) is 14.2. The van der Waals surface area contributed by atoms with E-state index in [1.165, 1.54) is 5.56 Å². The lowest BCUT2D eigenvalue weighted by atomic mass is 9.97. The van der Waals surface area contributed by atoms with E-state index in [0.717, 1.165) is 53.0 Å². The summed E-state index contributed by atoms with van der Waals surface area (Å²) in [4.78, 5) is 65.0. The smallest absolute Gasteiger partial charge is 0.256 e. The van der Waals surface area contributed by atoms with Crippen molar-refractivity contribution in [2.75, 3.05) is 52.9 Å². The van der Waals surface area contributed by atoms with Gasteiger partial charge in [0.2, 0.25) is 17.7 Å². The van der Waals surface area contributed by atoms with Gasteiger partial charge in [0.15, 0.2) is 0 Å². The number of phenolic OH excluding ortho intramolecular Hbond substituents is 1. The summed E-state index contributed by atoms with van der Waals surface area (Å²) in [6, 6.07) is 29.5. The van der Waals surface area contributed by atoms with E-state index in [1.807, 2.05) is 83.4 Å². The van der Waals surface area contributed by atoms with Crippen LogP contribution in [0, 0.1) is 0 Å². The molecule has 1 aromatic heterocycles. The first-order valence-corrected chi connectivity index (χ1v) is 20.9. The average Bonchev–Trinajstić information content (AvgIpc) is 3.62. The van der Waals surface area contributed by atoms with Crippen molar-refractivity contribution in [3.63, 3.8) is 0 Å². The van der Waals surface area contributed by atoms with E-state index in [4.69, 9.17) is 4.74 Å². The van der Waals surface area contributed by atoms with Gasteiger partial charge >= 0.3 is 0 Å². The summed E-state index contributed by atoms with van der Waals surface area (Å²) in [7, 11) is 3.58. The van der Waals surface area contributed by atoms with Gasteiger partial charge in [-0.1, -0.05) is 78.9 Å². The summed E-state index contributed by atoms with van der Waals surface area (Å²) in [6.45, 7) is 7.93. The van der Waals surface area contributed by atoms with E-state index in [1.54, 1.807) is 57.3 Å². The number of amides is 4. The molecule has 2 atom stereocenters. The second-order valence-electron chi connectivity index (χ2n) is 16.1. The number of methoxy groups -OCH3 is 1. The van der Waals surface area contributed by atoms with Crippen LogP contribution in [0.4, 0.5) is 0 Å². The topological polar surface area (TPSA) is 122 Å². The Morgan fingerprint density at radius 3 is 2.28 bits per heavy atom. The lowest BCUT2D eigenvalue weighted by Gasteiger charge is -2.55. The highest BCUT2D eigenvalue weighted by atomic mass is 16.5. The van der Waals surface area contributed by atoms with Crippen molar-refractivity contribution in [2.45, 2.75) is 44.6 Å². The molecule has 0 bridgehead atoms. The normalized spacial score (nSPS) is 18.7. The SMILES string of the molecule is C=CCN1CC(=O)N2[C@@H](Cc3ccc(O)cc3)C(=O)N(Cc3cccc4c(C(=O)N5CCN(Cc6ccc(OC)cc6)CC5)cn(C)c34)C[C@@H]2N1C(=O)CCc1ccccc1. The van der Waals surface area contributed by atoms with Gasteiger partial charge in [0, 0.05) is 77.3 Å². The lowest BCUT2D eigenvalue weighted by molar-refractivity contribution is -0.205. The number of ether oxygens (including phenoxy) is 1. The second kappa shape index (κ2) is 18.0. The van der Waals surface area contributed by atoms with E-state index >= 15 is 0 Å². The third-order valence-electron chi connectivity index (χ3n) is 12.2. The first-order valence-electron chi connectivity index (χ1n) is 20.9. The Bertz CT molecular complexity index is 2390. The molecule has 0 radical (unpaired) electrons. The van der Waals surface area contributed by atoms with Crippen LogP contribution in [0.2, 0.25) is 0 Å². The van der Waals surface area contributed by atoms with Gasteiger partial charge in [-0.2, -0.15) is 0 Å². The number of benzene rings is 4. The van der Waals surface area contributed by atoms with Gasteiger partial charge in [-0.05, 0) is 52.9 Å². The number of hydrogen-bond donors (Lipinski definition) is 1. The highest BCUT2D eigenvalue weighted by Crippen LogP contribution is 2.33. The highest BCUT2D eigenvalue weighted by molar-refractivity contribution is 6.07. The van der Waals surface area contributed by atoms with Gasteiger partial charge < -0.3 is 29.1 Å². The van der Waals surface area contributed by atoms with Crippen LogP contribution in [0.15, 0.2) is 116 Å². The summed E-state index contributed by atoms with van der Waals surface area (Å²) in [5.41, 5.74) is 5.30. The number of hydrogen-bond acceptors (Lipinski definition) is 8. The van der Waals surface area contributed by atoms with Crippen molar-refractivity contribution in [3.8, 4) is 11.5 Å². The monoisotopic (exact) mass is 823 g/mol. The minimum Gasteiger partial charge on any atom is -0.508 e. The van der Waals surface area contributed by atoms with E-state index < -0.39 is 12.2 Å². The fourth-order valence-corrected chi connectivity index (χ4v) is 9.09. The van der Waals surface area contributed by atoms with Crippen LogP contribution in [-0.2, 0) is 47.4 Å². The van der Waals surface area contributed by atoms with Crippen molar-refractivity contribution in [1.82, 2.24) is 34.2 Å². The molecule has 13 heteroatoms. The molecule has 0 saturated carbocycles. The van der Waals surface area contributed by atoms with Crippen LogP contribution in [0.5, 0.6) is 11.5 Å². The van der Waals surface area contributed by atoms with Crippen molar-refractivity contribution < 1.29 is 29.0 Å². The predicted molar refractivity (Wildman–Crippen MR) is 232 cm³/mol. The van der Waals surface area contributed by atoms with Crippen LogP contribution in [0.1, 0.15) is 39.0 Å². The minimum atomic E-state index is -0.903. The van der Waals surface area contributed by atoms with E-state index in [2.05, 4.69) is 23.6 Å². The molecule has 0 aliphatic carbocycles. The van der Waals surface area contributed by atoms with Crippen LogP contribution < -0.4 is 4.74 Å². The molecule has 13 nitrogen and oxygen atoms in total. The third kappa shape index (κ3) is 8.75. The van der Waals surface area contributed by atoms with Gasteiger partial charge in [0.1, 0.15) is 23.7 Å². The number of phenols is 1. The lowest BCUT2D eigenvalue weighted by Crippen LogP contribution is -2.75. The van der Waals surface area contributed by atoms with Crippen molar-refractivity contribution in [2.24, 2.45) is 7.05 Å². The first kappa shape index (κ1) is 41.3. The zero-order valence-corrected chi connectivity index (χ0v) is 34.9. The summed E-state index contributed by atoms with van der Waals surface area (Å²) in [6.07, 6.45) is 3.73. The molecule has 3 aliphatic heterocycles. The molecule has 4 amide bonds. The number of para-hydroxylation sites is 1. The fraction of sp³-hybridized carbons (Fsp3) is 0.333. The van der Waals surface area contributed by atoms with Gasteiger partial charge in [0.05, 0.1) is 31.3 Å². The minimum absolute atomic E-state index is 0.0295. The number of carbonyl (C=O) groups excluding carboxylic acids is 4. The molecule has 0 spiro atoms. The quantitative estimate of drug-likeness (QED) is 0.168. The van der Waals surface area contributed by atoms with Gasteiger partial charge in [0.25, 0.3) is 5.91 Å². The number of aryl methyl sites for hydroxylation is 2. The van der Waals surface area contributed by atoms with Gasteiger partial charge in [-0.3, -0.25) is 24.1 Å². The van der Waals surface area contributed by atoms with E-state index in [-0.39, 0.29) is 68.4 Å². The maximum absolute atomic E-state index is 14.8. The molecular weight excluding hydrogens is 771 g/mol. The Morgan fingerprint density at radius 1 is 0.852 bits per heavy atom. The van der Waals surface area contributed by atoms with Crippen LogP contribution >= 0.6 is 0 Å². The maximum Gasteiger partial charge on any atom is 0.256 e. The molecule has 3 saturated heterocycles. The number of aromatic nitrogens is 1. The van der Waals surface area contributed by atoms with Crippen molar-refractivity contribution >= 4 is 34.5 Å². The molecule has 4 aromatic carbocycles. The molecular formula is C48H53N7O6. The van der Waals surface area contributed by atoms with Crippen LogP contribution in [-0.4, -0.2) is 128 Å². The predicted octanol–water partition coefficient (Wildman–Crippen LogP) is 4.84. The number of carbonyl (C=O) groups is 4. The molecule has 3 aliphatic rings. The van der Waals surface area contributed by atoms with Gasteiger partial charge in [-0.15, -0.1) is 6.58 Å². The van der Waals surface area contributed by atoms with Crippen molar-refractivity contribution in [1.29, 1.82) is 0 Å². The molecule has 0 unspecified atom stereocenters. The highest BCUT2D eigenvalue weighted by Gasteiger charge is 2.51. The van der Waals surface area contributed by atoms with Gasteiger partial charge in [-0.25, -0.2) is 10.0 Å². The van der Waals surface area contributed by atoms with Crippen molar-refractivity contribution in [3.05, 3.63) is 144 Å². The Morgan fingerprint density at radius 2 is 1.57 bits per heavy atom. The third-order valence-corrected chi connectivity index (χ3v) is 12.2. The number of fused-ring (bicyclic) bond motifs is 2. The summed E-state index contributed by atoms with van der Waals surface area (Å²) >= 11 is 0. The Balaban J connectivity index is 1.06. The Labute approximate surface area is 356 Å². The number of nitrogens with zero attached hydrogens (tertiary/aromatic N) is 7. The molecule has 4 heterocycles. The average molecular weight is 824 g/mol. The molecule has 8 rings (SSSR count). The largest absolute Gasteiger partial charge is 0.508 e. The number of aromatic hydroxyl groups is 1. The molecule has 316 valence electrons. The van der Waals surface area contributed by atoms with Crippen LogP contribution in [0.3, 0.4) is 0 Å². The standard InChI is InChI=1S/C48H53N7O6/c1-4-23-53-33-45(58)54-42(28-35-13-18-38(56)19-14-35)48(60)52(32-43(54)55(53)44(57)22-17-34-9-6-5-7-10-34)30-37-11-8-12-40-41(31-49(2)46(37)40)47(59)51-26-24-50(25-27-51)29-36-15-20-39(61-3)21-16-36/h4-16,18-21,31,42-43,56H,1,17,22-30,32-33H2,2-3H3/t42-,43-/m0/s1. The van der Waals surface area contributed by atoms with E-state index in [0.29, 0.717) is 25.1 Å². The van der Waals surface area contributed by atoms with E-state index in [9.17, 15) is 24.3 Å². The number of rotatable bonds is 13. The maximum atomic E-state index is 14.8. The molecule has 1 N–H and O–H groups in total. The van der Waals surface area contributed by atoms with Crippen LogP contribution in [0.25, 0.3) is 10.9 Å². The Kier molecular flexibility index (Phi) is 12.2. The zero-order valence-electron chi connectivity index (χ0n) is 34.9. The molecule has 3 fully saturated rings. The second-order valence-corrected chi connectivity index (χ2v) is 16.1. The summed E-state index contributed by atoms with van der Waals surface area (Å²) < 4.78 is 7.26. The fourth-order valence-electron chi connectivity index (χ4n) is 9.09. The first-order chi connectivity index (χ1) is 29.6. The summed E-state index contributed by atoms with van der Waals surface area (Å²) in [5.74, 6) is 0.263.